The number of thioether (sulfide) groups is 1. The van der Waals surface area contributed by atoms with Crippen LogP contribution in [0.2, 0.25) is 0 Å². The van der Waals surface area contributed by atoms with Gasteiger partial charge in [0.15, 0.2) is 11.0 Å². The van der Waals surface area contributed by atoms with Gasteiger partial charge < -0.3 is 4.98 Å². The predicted molar refractivity (Wildman–Crippen MR) is 119 cm³/mol. The maximum atomic E-state index is 12.3. The molecule has 0 spiro atoms. The summed E-state index contributed by atoms with van der Waals surface area (Å²) < 4.78 is 2.67. The first-order valence-corrected chi connectivity index (χ1v) is 11.1. The lowest BCUT2D eigenvalue weighted by molar-refractivity contribution is 0.877. The molecule has 0 bridgehead atoms. The van der Waals surface area contributed by atoms with E-state index in [1.54, 1.807) is 12.4 Å². The first-order valence-electron chi connectivity index (χ1n) is 9.22. The minimum absolute atomic E-state index is 0.109. The van der Waals surface area contributed by atoms with Crippen LogP contribution in [0.5, 0.6) is 0 Å². The number of rotatable bonds is 5. The minimum atomic E-state index is -0.109. The van der Waals surface area contributed by atoms with E-state index in [0.717, 1.165) is 33.3 Å². The summed E-state index contributed by atoms with van der Waals surface area (Å²) in [5.74, 6) is 1.80. The number of pyridine rings is 1. The van der Waals surface area contributed by atoms with Crippen molar-refractivity contribution >= 4 is 33.3 Å². The third kappa shape index (κ3) is 3.42. The summed E-state index contributed by atoms with van der Waals surface area (Å²) in [7, 11) is 0. The molecule has 148 valence electrons. The van der Waals surface area contributed by atoms with Gasteiger partial charge >= 0.3 is 0 Å². The summed E-state index contributed by atoms with van der Waals surface area (Å²) in [6, 6.07) is 13.8. The zero-order chi connectivity index (χ0) is 20.5. The third-order valence-electron chi connectivity index (χ3n) is 4.61. The van der Waals surface area contributed by atoms with Crippen molar-refractivity contribution in [1.82, 2.24) is 29.7 Å². The van der Waals surface area contributed by atoms with Gasteiger partial charge in [-0.25, -0.2) is 4.98 Å². The molecule has 0 radical (unpaired) electrons. The van der Waals surface area contributed by atoms with Gasteiger partial charge in [0.05, 0.1) is 17.0 Å². The molecule has 7 nitrogen and oxygen atoms in total. The summed E-state index contributed by atoms with van der Waals surface area (Å²) in [6.07, 6.45) is 3.51. The van der Waals surface area contributed by atoms with Gasteiger partial charge in [0.1, 0.15) is 10.5 Å². The first-order chi connectivity index (χ1) is 14.7. The van der Waals surface area contributed by atoms with Gasteiger partial charge in [-0.2, -0.15) is 0 Å². The van der Waals surface area contributed by atoms with Crippen LogP contribution in [-0.4, -0.2) is 29.7 Å². The van der Waals surface area contributed by atoms with Crippen LogP contribution >= 0.6 is 23.1 Å². The van der Waals surface area contributed by atoms with E-state index in [0.29, 0.717) is 16.3 Å². The normalized spacial score (nSPS) is 11.2. The number of aryl methyl sites for hydroxylation is 1. The number of aromatic amines is 1. The van der Waals surface area contributed by atoms with E-state index in [9.17, 15) is 4.79 Å². The van der Waals surface area contributed by atoms with Gasteiger partial charge in [-0.3, -0.25) is 14.3 Å². The zero-order valence-electron chi connectivity index (χ0n) is 15.9. The highest BCUT2D eigenvalue weighted by atomic mass is 32.2. The van der Waals surface area contributed by atoms with Crippen LogP contribution < -0.4 is 5.56 Å². The summed E-state index contributed by atoms with van der Waals surface area (Å²) in [6.45, 7) is 2.06. The van der Waals surface area contributed by atoms with Crippen LogP contribution in [0.4, 0.5) is 0 Å². The van der Waals surface area contributed by atoms with Crippen LogP contribution in [0.15, 0.2) is 70.2 Å². The highest BCUT2D eigenvalue weighted by Gasteiger charge is 2.18. The van der Waals surface area contributed by atoms with Crippen molar-refractivity contribution in [3.63, 3.8) is 0 Å². The average molecular weight is 433 g/mol. The van der Waals surface area contributed by atoms with Crippen molar-refractivity contribution in [3.8, 4) is 17.1 Å². The molecule has 0 amide bonds. The maximum Gasteiger partial charge on any atom is 0.268 e. The molecule has 0 unspecified atom stereocenters. The average Bonchev–Trinajstić information content (AvgIpc) is 3.40. The van der Waals surface area contributed by atoms with Gasteiger partial charge in [-0.15, -0.1) is 21.5 Å². The highest BCUT2D eigenvalue weighted by molar-refractivity contribution is 7.98. The van der Waals surface area contributed by atoms with Crippen molar-refractivity contribution in [3.05, 3.63) is 82.0 Å². The molecule has 0 saturated heterocycles. The highest BCUT2D eigenvalue weighted by Crippen LogP contribution is 2.30. The van der Waals surface area contributed by atoms with E-state index in [1.807, 2.05) is 46.3 Å². The largest absolute Gasteiger partial charge is 0.309 e. The number of fused-ring (bicyclic) bond motifs is 1. The molecule has 0 aliphatic rings. The van der Waals surface area contributed by atoms with Crippen molar-refractivity contribution in [1.29, 1.82) is 0 Å². The van der Waals surface area contributed by atoms with Gasteiger partial charge in [0.2, 0.25) is 0 Å². The third-order valence-corrected chi connectivity index (χ3v) is 6.45. The van der Waals surface area contributed by atoms with E-state index >= 15 is 0 Å². The van der Waals surface area contributed by atoms with Crippen LogP contribution in [0.1, 0.15) is 11.4 Å². The van der Waals surface area contributed by atoms with E-state index < -0.39 is 0 Å². The smallest absolute Gasteiger partial charge is 0.268 e. The monoisotopic (exact) mass is 432 g/mol. The number of hydrogen-bond donors (Lipinski definition) is 1. The molecular weight excluding hydrogens is 416 g/mol. The standard InChI is InChI=1S/C21H16N6OS2/c1-13-5-2-3-7-16(13)27-19(14-6-4-9-22-11-14)25-26-21(27)30-12-17-23-15-8-10-29-18(15)20(28)24-17/h2-11H,12H2,1H3,(H,23,24,28). The SMILES string of the molecule is Cc1ccccc1-n1c(SCc2nc3ccsc3c(=O)[nH]2)nnc1-c1cccnc1. The number of thiophene rings is 1. The van der Waals surface area contributed by atoms with Gasteiger partial charge in [-0.1, -0.05) is 30.0 Å². The topological polar surface area (TPSA) is 89.4 Å². The fourth-order valence-corrected chi connectivity index (χ4v) is 4.74. The Kier molecular flexibility index (Phi) is 4.89. The van der Waals surface area contributed by atoms with Crippen molar-refractivity contribution in [2.75, 3.05) is 0 Å². The number of benzene rings is 1. The molecule has 4 aromatic heterocycles. The Balaban J connectivity index is 1.55. The molecule has 4 heterocycles. The molecule has 1 aromatic carbocycles. The van der Waals surface area contributed by atoms with Crippen LogP contribution in [-0.2, 0) is 5.75 Å². The predicted octanol–water partition coefficient (Wildman–Crippen LogP) is 4.23. The minimum Gasteiger partial charge on any atom is -0.309 e. The van der Waals surface area contributed by atoms with E-state index in [2.05, 4.69) is 38.1 Å². The summed E-state index contributed by atoms with van der Waals surface area (Å²) in [5, 5.41) is 11.5. The van der Waals surface area contributed by atoms with Crippen LogP contribution in [0, 0.1) is 6.92 Å². The molecule has 5 rings (SSSR count). The fourth-order valence-electron chi connectivity index (χ4n) is 3.20. The maximum absolute atomic E-state index is 12.3. The molecule has 9 heteroatoms. The Labute approximate surface area is 179 Å². The second kappa shape index (κ2) is 7.85. The molecule has 0 fully saturated rings. The number of H-pyrrole nitrogens is 1. The molecule has 30 heavy (non-hydrogen) atoms. The molecule has 0 saturated carbocycles. The Morgan fingerprint density at radius 2 is 2.03 bits per heavy atom. The van der Waals surface area contributed by atoms with E-state index in [1.165, 1.54) is 23.1 Å². The second-order valence-corrected chi connectivity index (χ2v) is 8.46. The molecule has 1 N–H and O–H groups in total. The number of para-hydroxylation sites is 1. The van der Waals surface area contributed by atoms with Gasteiger partial charge in [-0.05, 0) is 42.1 Å². The quantitative estimate of drug-likeness (QED) is 0.418. The molecule has 0 aliphatic carbocycles. The Morgan fingerprint density at radius 1 is 1.13 bits per heavy atom. The van der Waals surface area contributed by atoms with E-state index in [-0.39, 0.29) is 5.56 Å². The summed E-state index contributed by atoms with van der Waals surface area (Å²) >= 11 is 2.87. The second-order valence-electron chi connectivity index (χ2n) is 6.61. The van der Waals surface area contributed by atoms with Crippen molar-refractivity contribution in [2.24, 2.45) is 0 Å². The molecular formula is C21H16N6OS2. The fraction of sp³-hybridized carbons (Fsp3) is 0.0952. The lowest BCUT2D eigenvalue weighted by Crippen LogP contribution is -2.09. The van der Waals surface area contributed by atoms with Crippen molar-refractivity contribution in [2.45, 2.75) is 17.8 Å². The Hall–Kier alpha value is -3.30. The number of hydrogen-bond acceptors (Lipinski definition) is 7. The molecule has 0 aliphatic heterocycles. The lowest BCUT2D eigenvalue weighted by Gasteiger charge is -2.12. The lowest BCUT2D eigenvalue weighted by atomic mass is 10.2. The number of aromatic nitrogens is 6. The summed E-state index contributed by atoms with van der Waals surface area (Å²) in [5.41, 5.74) is 3.60. The Morgan fingerprint density at radius 3 is 2.87 bits per heavy atom. The summed E-state index contributed by atoms with van der Waals surface area (Å²) in [4.78, 5) is 23.9. The van der Waals surface area contributed by atoms with Gasteiger partial charge in [0.25, 0.3) is 5.56 Å². The molecule has 0 atom stereocenters. The molecule has 5 aromatic rings. The van der Waals surface area contributed by atoms with Crippen molar-refractivity contribution < 1.29 is 0 Å². The Bertz CT molecular complexity index is 1390. The van der Waals surface area contributed by atoms with Gasteiger partial charge in [0, 0.05) is 18.0 Å². The number of nitrogens with zero attached hydrogens (tertiary/aromatic N) is 5. The van der Waals surface area contributed by atoms with Crippen LogP contribution in [0.25, 0.3) is 27.3 Å². The van der Waals surface area contributed by atoms with Crippen LogP contribution in [0.3, 0.4) is 0 Å². The zero-order valence-corrected chi connectivity index (χ0v) is 17.6. The first kappa shape index (κ1) is 18.7. The van der Waals surface area contributed by atoms with E-state index in [4.69, 9.17) is 0 Å². The number of nitrogens with one attached hydrogen (secondary N) is 1.